The minimum Gasteiger partial charge on any atom is -0.358 e. The lowest BCUT2D eigenvalue weighted by molar-refractivity contribution is -0.441. The Morgan fingerprint density at radius 2 is 1.57 bits per heavy atom. The molecule has 0 fully saturated rings. The first-order valence-corrected chi connectivity index (χ1v) is 2.96. The van der Waals surface area contributed by atoms with Crippen molar-refractivity contribution in [1.82, 2.24) is 10.2 Å². The van der Waals surface area contributed by atoms with E-state index in [4.69, 9.17) is 0 Å². The number of aromatic nitrogens is 2. The molecule has 0 saturated heterocycles. The molecule has 1 aromatic rings. The molecule has 0 spiro atoms. The lowest BCUT2D eigenvalue weighted by atomic mass is 10.5. The van der Waals surface area contributed by atoms with Crippen molar-refractivity contribution < 1.29 is 14.8 Å². The van der Waals surface area contributed by atoms with E-state index in [1.165, 1.54) is 0 Å². The molecule has 1 N–H and O–H groups in total. The Hall–Kier alpha value is -2.59. The fourth-order valence-electron chi connectivity index (χ4n) is 0.740. The third kappa shape index (κ3) is 1.33. The van der Waals surface area contributed by atoms with E-state index in [1.54, 1.807) is 5.10 Å². The van der Waals surface area contributed by atoms with Crippen LogP contribution in [0.4, 0.5) is 17.3 Å². The van der Waals surface area contributed by atoms with Gasteiger partial charge in [0.15, 0.2) is 5.10 Å². The molecule has 1 rings (SSSR count). The topological polar surface area (TPSA) is 158 Å². The second-order valence-corrected chi connectivity index (χ2v) is 2.02. The van der Waals surface area contributed by atoms with Gasteiger partial charge in [-0.1, -0.05) is 0 Å². The highest BCUT2D eigenvalue weighted by Crippen LogP contribution is 2.32. The molecule has 0 radical (unpaired) electrons. The lowest BCUT2D eigenvalue weighted by Crippen LogP contribution is -1.97. The molecule has 0 atom stereocenters. The van der Waals surface area contributed by atoms with Gasteiger partial charge < -0.3 is 20.2 Å². The van der Waals surface area contributed by atoms with E-state index in [1.807, 2.05) is 0 Å². The predicted octanol–water partition coefficient (Wildman–Crippen LogP) is 0.134. The zero-order valence-corrected chi connectivity index (χ0v) is 6.24. The van der Waals surface area contributed by atoms with Crippen LogP contribution in [0.3, 0.4) is 0 Å². The van der Waals surface area contributed by atoms with Crippen molar-refractivity contribution in [1.29, 1.82) is 0 Å². The number of nitro groups is 3. The van der Waals surface area contributed by atoms with Crippen molar-refractivity contribution in [3.8, 4) is 0 Å². The van der Waals surface area contributed by atoms with E-state index >= 15 is 0 Å². The van der Waals surface area contributed by atoms with Crippen molar-refractivity contribution in [2.45, 2.75) is 0 Å². The molecule has 0 aliphatic heterocycles. The normalized spacial score (nSPS) is 9.71. The molecule has 1 heterocycles. The minimum atomic E-state index is -1.25. The maximum Gasteiger partial charge on any atom is 0.498 e. The summed E-state index contributed by atoms with van der Waals surface area (Å²) in [6.07, 6.45) is 0. The Morgan fingerprint density at radius 1 is 1.00 bits per heavy atom. The van der Waals surface area contributed by atoms with E-state index in [2.05, 4.69) is 5.10 Å². The molecule has 0 bridgehead atoms. The second kappa shape index (κ2) is 3.04. The minimum absolute atomic E-state index is 1.11. The fourth-order valence-corrected chi connectivity index (χ4v) is 0.740. The van der Waals surface area contributed by atoms with Crippen LogP contribution in [0.2, 0.25) is 0 Å². The Balaban J connectivity index is 3.42. The van der Waals surface area contributed by atoms with E-state index in [0.29, 0.717) is 0 Å². The highest BCUT2D eigenvalue weighted by molar-refractivity contribution is 5.58. The predicted molar refractivity (Wildman–Crippen MR) is 38.6 cm³/mol. The number of nitrogens with one attached hydrogen (secondary N) is 1. The SMILES string of the molecule is O=[N+]([O-])c1n[nH]c([N+](=O)[O-])c1[N+](=O)[O-]. The fraction of sp³-hybridized carbons (Fsp3) is 0. The molecular formula is C3HN5O6. The second-order valence-electron chi connectivity index (χ2n) is 2.02. The third-order valence-electron chi connectivity index (χ3n) is 1.24. The van der Waals surface area contributed by atoms with Crippen molar-refractivity contribution in [3.05, 3.63) is 30.3 Å². The van der Waals surface area contributed by atoms with Crippen molar-refractivity contribution in [2.24, 2.45) is 0 Å². The van der Waals surface area contributed by atoms with Crippen LogP contribution in [-0.4, -0.2) is 25.0 Å². The largest absolute Gasteiger partial charge is 0.498 e. The van der Waals surface area contributed by atoms with Crippen LogP contribution in [0.5, 0.6) is 0 Å². The van der Waals surface area contributed by atoms with Crippen LogP contribution in [0.25, 0.3) is 0 Å². The van der Waals surface area contributed by atoms with Gasteiger partial charge in [0.05, 0.1) is 4.92 Å². The maximum atomic E-state index is 10.2. The van der Waals surface area contributed by atoms with Gasteiger partial charge in [-0.25, -0.2) is 0 Å². The molecule has 14 heavy (non-hydrogen) atoms. The molecule has 11 nitrogen and oxygen atoms in total. The summed E-state index contributed by atoms with van der Waals surface area (Å²) in [4.78, 5) is 27.0. The van der Waals surface area contributed by atoms with Crippen molar-refractivity contribution >= 4 is 17.3 Å². The summed E-state index contributed by atoms with van der Waals surface area (Å²) in [7, 11) is 0. The third-order valence-corrected chi connectivity index (χ3v) is 1.24. The van der Waals surface area contributed by atoms with E-state index in [0.717, 1.165) is 0 Å². The molecule has 0 aliphatic rings. The molecule has 0 aromatic carbocycles. The Bertz CT molecular complexity index is 390. The molecule has 74 valence electrons. The molecule has 0 amide bonds. The molecule has 0 aliphatic carbocycles. The molecular weight excluding hydrogens is 202 g/mol. The van der Waals surface area contributed by atoms with Gasteiger partial charge in [-0.3, -0.25) is 10.1 Å². The van der Waals surface area contributed by atoms with Crippen molar-refractivity contribution in [3.63, 3.8) is 0 Å². The van der Waals surface area contributed by atoms with Crippen LogP contribution in [0, 0.1) is 30.3 Å². The number of hydrogen-bond donors (Lipinski definition) is 1. The van der Waals surface area contributed by atoms with Crippen LogP contribution >= 0.6 is 0 Å². The summed E-state index contributed by atoms with van der Waals surface area (Å²) >= 11 is 0. The quantitative estimate of drug-likeness (QED) is 0.539. The summed E-state index contributed by atoms with van der Waals surface area (Å²) in [5.74, 6) is -2.29. The summed E-state index contributed by atoms with van der Waals surface area (Å²) in [5, 5.41) is 35.0. The molecule has 0 saturated carbocycles. The highest BCUT2D eigenvalue weighted by atomic mass is 16.7. The summed E-state index contributed by atoms with van der Waals surface area (Å²) in [6, 6.07) is 0. The smallest absolute Gasteiger partial charge is 0.358 e. The van der Waals surface area contributed by atoms with Gasteiger partial charge in [0.2, 0.25) is 0 Å². The monoisotopic (exact) mass is 203 g/mol. The molecule has 1 aromatic heterocycles. The number of nitrogens with zero attached hydrogens (tertiary/aromatic N) is 4. The average molecular weight is 203 g/mol. The lowest BCUT2D eigenvalue weighted by Gasteiger charge is -1.88. The zero-order chi connectivity index (χ0) is 10.9. The maximum absolute atomic E-state index is 10.2. The van der Waals surface area contributed by atoms with Crippen LogP contribution in [0.15, 0.2) is 0 Å². The first-order chi connectivity index (χ1) is 6.45. The Morgan fingerprint density at radius 3 is 1.93 bits per heavy atom. The van der Waals surface area contributed by atoms with Gasteiger partial charge in [-0.15, -0.1) is 0 Å². The molecule has 0 unspecified atom stereocenters. The molecule has 11 heteroatoms. The van der Waals surface area contributed by atoms with Crippen LogP contribution in [0.1, 0.15) is 0 Å². The van der Waals surface area contributed by atoms with Gasteiger partial charge in [0, 0.05) is 0 Å². The summed E-state index contributed by atoms with van der Waals surface area (Å²) in [6.45, 7) is 0. The van der Waals surface area contributed by atoms with Gasteiger partial charge in [-0.2, -0.15) is 0 Å². The number of aromatic amines is 1. The highest BCUT2D eigenvalue weighted by Gasteiger charge is 2.42. The van der Waals surface area contributed by atoms with Crippen LogP contribution in [-0.2, 0) is 0 Å². The number of rotatable bonds is 3. The van der Waals surface area contributed by atoms with Gasteiger partial charge >= 0.3 is 17.3 Å². The first-order valence-electron chi connectivity index (χ1n) is 2.96. The first kappa shape index (κ1) is 9.50. The van der Waals surface area contributed by atoms with Gasteiger partial charge in [0.25, 0.3) is 0 Å². The van der Waals surface area contributed by atoms with Crippen LogP contribution < -0.4 is 0 Å². The number of H-pyrrole nitrogens is 1. The Labute approximate surface area is 73.8 Å². The van der Waals surface area contributed by atoms with E-state index in [9.17, 15) is 30.3 Å². The van der Waals surface area contributed by atoms with Gasteiger partial charge in [-0.05, 0) is 14.9 Å². The average Bonchev–Trinajstić information content (AvgIpc) is 2.46. The Kier molecular flexibility index (Phi) is 2.06. The van der Waals surface area contributed by atoms with E-state index in [-0.39, 0.29) is 0 Å². The van der Waals surface area contributed by atoms with Gasteiger partial charge in [0.1, 0.15) is 0 Å². The standard InChI is InChI=1S/C3HN5O6/c9-6(10)1-2(7(11)12)4-5-3(1)8(13)14/h(H,4,5). The van der Waals surface area contributed by atoms with Crippen molar-refractivity contribution in [2.75, 3.05) is 0 Å². The summed E-state index contributed by atoms with van der Waals surface area (Å²) in [5.41, 5.74) is -1.25. The number of hydrogen-bond acceptors (Lipinski definition) is 7. The van der Waals surface area contributed by atoms with E-state index < -0.39 is 32.1 Å². The summed E-state index contributed by atoms with van der Waals surface area (Å²) < 4.78 is 0. The zero-order valence-electron chi connectivity index (χ0n) is 6.24.